The van der Waals surface area contributed by atoms with E-state index in [9.17, 15) is 19.0 Å². The van der Waals surface area contributed by atoms with E-state index in [0.29, 0.717) is 12.8 Å². The Kier molecular flexibility index (Phi) is 64.9. The van der Waals surface area contributed by atoms with Crippen LogP contribution in [0.25, 0.3) is 0 Å². The minimum absolute atomic E-state index is 0.0336. The lowest BCUT2D eigenvalue weighted by atomic mass is 10.1. The Balaban J connectivity index is 4.12. The maximum absolute atomic E-state index is 12.8. The Morgan fingerprint density at radius 3 is 0.897 bits per heavy atom. The second-order valence-electron chi connectivity index (χ2n) is 20.9. The number of hydrogen-bond acceptors (Lipinski definition) is 8. The van der Waals surface area contributed by atoms with Crippen LogP contribution < -0.4 is 5.73 Å². The average Bonchev–Trinajstić information content (AvgIpc) is 3.64. The van der Waals surface area contributed by atoms with Crippen LogP contribution in [-0.4, -0.2) is 49.3 Å². The first-order chi connectivity index (χ1) is 42.8. The van der Waals surface area contributed by atoms with Crippen LogP contribution >= 0.6 is 7.82 Å². The Bertz CT molecular complexity index is 2220. The summed E-state index contributed by atoms with van der Waals surface area (Å²) in [6.45, 7) is 3.43. The lowest BCUT2D eigenvalue weighted by Crippen LogP contribution is -2.29. The summed E-state index contributed by atoms with van der Waals surface area (Å²) in [7, 11) is -4.42. The Morgan fingerprint density at radius 1 is 0.345 bits per heavy atom. The number of carbonyl (C=O) groups excluding carboxylic acids is 2. The molecule has 87 heavy (non-hydrogen) atoms. The molecule has 0 spiro atoms. The number of unbranched alkanes of at least 4 members (excludes halogenated alkanes) is 10. The number of esters is 2. The summed E-state index contributed by atoms with van der Waals surface area (Å²) in [5, 5.41) is 0. The van der Waals surface area contributed by atoms with Gasteiger partial charge in [0, 0.05) is 19.4 Å². The molecule has 0 aromatic heterocycles. The van der Waals surface area contributed by atoms with E-state index in [1.54, 1.807) is 0 Å². The van der Waals surface area contributed by atoms with Gasteiger partial charge >= 0.3 is 19.8 Å². The molecule has 0 saturated carbocycles. The monoisotopic (exact) mass is 1220 g/mol. The van der Waals surface area contributed by atoms with Crippen molar-refractivity contribution in [2.45, 2.75) is 225 Å². The fourth-order valence-corrected chi connectivity index (χ4v) is 8.80. The highest BCUT2D eigenvalue weighted by Crippen LogP contribution is 2.43. The van der Waals surface area contributed by atoms with Gasteiger partial charge in [-0.3, -0.25) is 18.6 Å². The van der Waals surface area contributed by atoms with Crippen LogP contribution in [0.1, 0.15) is 219 Å². The van der Waals surface area contributed by atoms with Crippen LogP contribution in [0.4, 0.5) is 0 Å². The van der Waals surface area contributed by atoms with E-state index < -0.39 is 32.5 Å². The molecule has 0 bridgehead atoms. The van der Waals surface area contributed by atoms with Crippen LogP contribution in [0.5, 0.6) is 0 Å². The van der Waals surface area contributed by atoms with Crippen molar-refractivity contribution in [1.82, 2.24) is 0 Å². The summed E-state index contributed by atoms with van der Waals surface area (Å²) in [5.74, 6) is -0.899. The molecule has 2 unspecified atom stereocenters. The second kappa shape index (κ2) is 69.4. The number of phosphoric ester groups is 1. The number of phosphoric acid groups is 1. The van der Waals surface area contributed by atoms with E-state index in [-0.39, 0.29) is 32.6 Å². The van der Waals surface area contributed by atoms with E-state index in [4.69, 9.17) is 24.3 Å². The third-order valence-electron chi connectivity index (χ3n) is 12.9. The molecule has 10 heteroatoms. The molecule has 0 radical (unpaired) electrons. The molecule has 0 aliphatic rings. The fraction of sp³-hybridized carbons (Fsp3) is 0.506. The van der Waals surface area contributed by atoms with Crippen molar-refractivity contribution in [3.8, 4) is 0 Å². The second-order valence-corrected chi connectivity index (χ2v) is 22.3. The number of rotatable bonds is 59. The number of hydrogen-bond donors (Lipinski definition) is 2. The summed E-state index contributed by atoms with van der Waals surface area (Å²) < 4.78 is 33.1. The van der Waals surface area contributed by atoms with Crippen LogP contribution in [0.2, 0.25) is 0 Å². The van der Waals surface area contributed by atoms with Crippen LogP contribution in [0.15, 0.2) is 219 Å². The largest absolute Gasteiger partial charge is 0.472 e. The summed E-state index contributed by atoms with van der Waals surface area (Å²) >= 11 is 0. The maximum atomic E-state index is 12.8. The van der Waals surface area contributed by atoms with Crippen molar-refractivity contribution >= 4 is 19.8 Å². The quantitative estimate of drug-likeness (QED) is 0.0264. The Labute approximate surface area is 531 Å². The summed E-state index contributed by atoms with van der Waals surface area (Å²) in [5.41, 5.74) is 5.39. The van der Waals surface area contributed by atoms with Crippen molar-refractivity contribution in [2.75, 3.05) is 26.4 Å². The first-order valence-electron chi connectivity index (χ1n) is 33.2. The van der Waals surface area contributed by atoms with E-state index in [1.165, 1.54) is 12.8 Å². The molecule has 0 rings (SSSR count). The van der Waals surface area contributed by atoms with Gasteiger partial charge in [-0.25, -0.2) is 4.57 Å². The van der Waals surface area contributed by atoms with Gasteiger partial charge in [-0.2, -0.15) is 0 Å². The lowest BCUT2D eigenvalue weighted by Gasteiger charge is -2.19. The van der Waals surface area contributed by atoms with Gasteiger partial charge in [-0.05, 0) is 154 Å². The number of allylic oxidation sites excluding steroid dienone is 36. The molecule has 9 nitrogen and oxygen atoms in total. The topological polar surface area (TPSA) is 134 Å². The fourth-order valence-electron chi connectivity index (χ4n) is 8.03. The predicted octanol–water partition coefficient (Wildman–Crippen LogP) is 22.1. The highest BCUT2D eigenvalue weighted by Gasteiger charge is 2.26. The minimum atomic E-state index is -4.42. The zero-order valence-corrected chi connectivity index (χ0v) is 55.0. The van der Waals surface area contributed by atoms with Gasteiger partial charge in [-0.15, -0.1) is 0 Å². The van der Waals surface area contributed by atoms with Gasteiger partial charge < -0.3 is 20.1 Å². The molecule has 0 aliphatic carbocycles. The number of carbonyl (C=O) groups is 2. The molecular weight excluding hydrogens is 1100 g/mol. The number of ether oxygens (including phenoxy) is 2. The lowest BCUT2D eigenvalue weighted by molar-refractivity contribution is -0.161. The van der Waals surface area contributed by atoms with E-state index >= 15 is 0 Å². The molecule has 2 atom stereocenters. The first kappa shape index (κ1) is 81.3. The van der Waals surface area contributed by atoms with Crippen molar-refractivity contribution < 1.29 is 37.6 Å². The third kappa shape index (κ3) is 69.3. The summed E-state index contributed by atoms with van der Waals surface area (Å²) in [4.78, 5) is 35.3. The molecule has 3 N–H and O–H groups in total. The highest BCUT2D eigenvalue weighted by atomic mass is 31.2. The molecule has 0 aromatic carbocycles. The summed E-state index contributed by atoms with van der Waals surface area (Å²) in [6.07, 6.45) is 109. The first-order valence-corrected chi connectivity index (χ1v) is 34.7. The average molecular weight is 1220 g/mol. The molecule has 484 valence electrons. The van der Waals surface area contributed by atoms with Crippen LogP contribution in [0.3, 0.4) is 0 Å². The highest BCUT2D eigenvalue weighted by molar-refractivity contribution is 7.47. The van der Waals surface area contributed by atoms with Crippen LogP contribution in [0, 0.1) is 0 Å². The zero-order chi connectivity index (χ0) is 63.0. The van der Waals surface area contributed by atoms with Gasteiger partial charge in [0.2, 0.25) is 0 Å². The Hall–Kier alpha value is -5.67. The minimum Gasteiger partial charge on any atom is -0.462 e. The van der Waals surface area contributed by atoms with E-state index in [1.807, 2.05) is 0 Å². The predicted molar refractivity (Wildman–Crippen MR) is 375 cm³/mol. The van der Waals surface area contributed by atoms with Gasteiger partial charge in [0.15, 0.2) is 6.10 Å². The zero-order valence-electron chi connectivity index (χ0n) is 54.1. The molecule has 0 fully saturated rings. The van der Waals surface area contributed by atoms with Crippen molar-refractivity contribution in [3.05, 3.63) is 219 Å². The standard InChI is InChI=1S/C77H118NO8P/c1-3-5-7-9-11-13-15-17-19-21-23-25-27-29-31-33-35-36-37-38-40-42-44-46-48-50-52-54-56-58-60-62-64-66-68-70-77(80)86-75(74-85-87(81,82)84-72-71-78)73-83-76(79)69-67-65-63-61-59-57-55-53-51-49-47-45-43-41-39-34-32-30-28-26-24-22-20-18-16-14-12-10-8-6-4-2/h5-8,11-14,17-20,23-26,29-32,35-36,38-41,44-47,50-53,57,59,75H,3-4,9-10,15-16,21-22,27-28,33-34,37,42-43,48-49,54-56,58,60-74,78H2,1-2H3,(H,81,82)/b7-5-,8-6-,13-11-,14-12-,19-17-,20-18-,25-23-,26-24-,31-29-,32-30-,36-35-,40-38-,41-39-,46-44-,47-45-,52-50-,53-51-,59-57-. The molecule has 0 heterocycles. The Morgan fingerprint density at radius 2 is 0.598 bits per heavy atom. The van der Waals surface area contributed by atoms with Crippen molar-refractivity contribution in [1.29, 1.82) is 0 Å². The summed E-state index contributed by atoms with van der Waals surface area (Å²) in [6, 6.07) is 0. The molecule has 0 aromatic rings. The molecule has 0 aliphatic heterocycles. The molecular formula is C77H118NO8P. The normalized spacial score (nSPS) is 14.4. The van der Waals surface area contributed by atoms with Gasteiger partial charge in [-0.1, -0.05) is 271 Å². The van der Waals surface area contributed by atoms with Gasteiger partial charge in [0.05, 0.1) is 13.2 Å². The number of nitrogens with two attached hydrogens (primary N) is 1. The molecule has 0 amide bonds. The maximum Gasteiger partial charge on any atom is 0.472 e. The van der Waals surface area contributed by atoms with E-state index in [0.717, 1.165) is 167 Å². The molecule has 0 saturated heterocycles. The smallest absolute Gasteiger partial charge is 0.462 e. The van der Waals surface area contributed by atoms with Crippen molar-refractivity contribution in [3.63, 3.8) is 0 Å². The van der Waals surface area contributed by atoms with Crippen molar-refractivity contribution in [2.24, 2.45) is 5.73 Å². The van der Waals surface area contributed by atoms with Crippen LogP contribution in [-0.2, 0) is 32.7 Å². The third-order valence-corrected chi connectivity index (χ3v) is 13.8. The SMILES string of the molecule is CC/C=C\C/C=C\C/C=C\C/C=C\C/C=C\C/C=C\C/C=C\C/C=C\C/C=C\CCCCCCCCCC(=O)OC(COC(=O)CCCCC/C=C\C/C=C\C/C=C\C/C=C\C/C=C\C/C=C\C/C=C\C/C=C\C/C=C\CC)COP(=O)(O)OCCN. The van der Waals surface area contributed by atoms with Gasteiger partial charge in [0.1, 0.15) is 6.61 Å². The van der Waals surface area contributed by atoms with Gasteiger partial charge in [0.25, 0.3) is 0 Å². The van der Waals surface area contributed by atoms with E-state index in [2.05, 4.69) is 233 Å².